The normalized spacial score (nSPS) is 19.9. The van der Waals surface area contributed by atoms with E-state index in [-0.39, 0.29) is 17.1 Å². The van der Waals surface area contributed by atoms with Crippen molar-refractivity contribution in [3.63, 3.8) is 0 Å². The van der Waals surface area contributed by atoms with Gasteiger partial charge in [-0.05, 0) is 83.2 Å². The van der Waals surface area contributed by atoms with Gasteiger partial charge in [-0.1, -0.05) is 54.6 Å². The van der Waals surface area contributed by atoms with E-state index in [0.717, 1.165) is 66.8 Å². The topological polar surface area (TPSA) is 91.3 Å². The largest absolute Gasteiger partial charge is 0.378 e. The Morgan fingerprint density at radius 3 is 2.44 bits per heavy atom. The van der Waals surface area contributed by atoms with Crippen LogP contribution in [0.5, 0.6) is 0 Å². The van der Waals surface area contributed by atoms with Crippen molar-refractivity contribution >= 4 is 45.5 Å². The molecule has 0 unspecified atom stereocenters. The van der Waals surface area contributed by atoms with Crippen molar-refractivity contribution in [2.24, 2.45) is 0 Å². The minimum Gasteiger partial charge on any atom is -0.378 e. The molecule has 45 heavy (non-hydrogen) atoms. The van der Waals surface area contributed by atoms with Crippen LogP contribution in [0.3, 0.4) is 0 Å². The first kappa shape index (κ1) is 31.7. The van der Waals surface area contributed by atoms with Gasteiger partial charge in [0.15, 0.2) is 0 Å². The molecule has 1 atom stereocenters. The summed E-state index contributed by atoms with van der Waals surface area (Å²) in [7, 11) is 0. The number of nitrogens with one attached hydrogen (secondary N) is 4. The van der Waals surface area contributed by atoms with Crippen LogP contribution >= 0.6 is 23.2 Å². The van der Waals surface area contributed by atoms with Gasteiger partial charge in [0, 0.05) is 58.7 Å². The van der Waals surface area contributed by atoms with Crippen molar-refractivity contribution in [2.75, 3.05) is 23.7 Å². The monoisotopic (exact) mass is 646 g/mol. The molecule has 10 heteroatoms. The van der Waals surface area contributed by atoms with E-state index in [1.54, 1.807) is 6.20 Å². The third-order valence-corrected chi connectivity index (χ3v) is 10.2. The highest BCUT2D eigenvalue weighted by molar-refractivity contribution is 6.36. The number of halogens is 2. The highest BCUT2D eigenvalue weighted by Crippen LogP contribution is 2.39. The number of pyridine rings is 1. The molecule has 2 aliphatic heterocycles. The Morgan fingerprint density at radius 1 is 1.07 bits per heavy atom. The number of rotatable bonds is 7. The fourth-order valence-corrected chi connectivity index (χ4v) is 7.38. The molecule has 3 aromatic rings. The van der Waals surface area contributed by atoms with Gasteiger partial charge in [-0.25, -0.2) is 0 Å². The number of hydrogen-bond acceptors (Lipinski definition) is 8. The molecule has 1 aromatic heterocycles. The van der Waals surface area contributed by atoms with Crippen molar-refractivity contribution < 1.29 is 0 Å². The first-order chi connectivity index (χ1) is 21.5. The lowest BCUT2D eigenvalue weighted by Crippen LogP contribution is -2.52. The second kappa shape index (κ2) is 12.9. The summed E-state index contributed by atoms with van der Waals surface area (Å²) in [5.74, 6) is 0. The van der Waals surface area contributed by atoms with Crippen molar-refractivity contribution in [1.29, 1.82) is 5.26 Å². The van der Waals surface area contributed by atoms with E-state index in [2.05, 4.69) is 82.5 Å². The molecule has 1 saturated carbocycles. The Kier molecular flexibility index (Phi) is 9.09. The number of piperidine rings is 1. The SMILES string of the molecule is CC1(Nc2c(C#N)cnc3c(Cl)cc(N[C@H](C4=CN(C5CCN(C(C)(C)C)CC5)NN4)c4ccc(Cl)cc4)cc23)CCCCC1. The first-order valence-corrected chi connectivity index (χ1v) is 16.9. The van der Waals surface area contributed by atoms with Crippen LogP contribution in [0.15, 0.2) is 54.5 Å². The Bertz CT molecular complexity index is 1590. The number of hydrogen-bond donors (Lipinski definition) is 4. The van der Waals surface area contributed by atoms with E-state index in [1.807, 2.05) is 30.3 Å². The smallest absolute Gasteiger partial charge is 0.103 e. The summed E-state index contributed by atoms with van der Waals surface area (Å²) >= 11 is 13.2. The van der Waals surface area contributed by atoms with Crippen molar-refractivity contribution in [3.8, 4) is 6.07 Å². The minimum absolute atomic E-state index is 0.0867. The van der Waals surface area contributed by atoms with E-state index in [1.165, 1.54) is 19.3 Å². The number of anilines is 2. The van der Waals surface area contributed by atoms with Gasteiger partial charge in [0.05, 0.1) is 33.5 Å². The van der Waals surface area contributed by atoms with Gasteiger partial charge in [0.1, 0.15) is 6.07 Å². The molecule has 3 heterocycles. The number of nitrogens with zero attached hydrogens (tertiary/aromatic N) is 4. The third kappa shape index (κ3) is 6.97. The van der Waals surface area contributed by atoms with Crippen LogP contribution in [0.2, 0.25) is 10.0 Å². The molecular weight excluding hydrogens is 603 g/mol. The van der Waals surface area contributed by atoms with Gasteiger partial charge in [-0.15, -0.1) is 5.53 Å². The van der Waals surface area contributed by atoms with Crippen LogP contribution in [-0.2, 0) is 0 Å². The average Bonchev–Trinajstić information content (AvgIpc) is 3.51. The van der Waals surface area contributed by atoms with Crippen LogP contribution in [0.4, 0.5) is 11.4 Å². The molecule has 1 saturated heterocycles. The maximum atomic E-state index is 10.1. The second-order valence-electron chi connectivity index (χ2n) is 14.0. The minimum atomic E-state index is -0.220. The molecule has 0 radical (unpaired) electrons. The van der Waals surface area contributed by atoms with Crippen LogP contribution in [-0.4, -0.2) is 45.1 Å². The molecule has 2 aromatic carbocycles. The van der Waals surface area contributed by atoms with Crippen molar-refractivity contribution in [3.05, 3.63) is 75.7 Å². The molecule has 8 nitrogen and oxygen atoms in total. The Balaban J connectivity index is 1.32. The third-order valence-electron chi connectivity index (χ3n) is 9.67. The maximum Gasteiger partial charge on any atom is 0.103 e. The summed E-state index contributed by atoms with van der Waals surface area (Å²) in [6.45, 7) is 11.2. The van der Waals surface area contributed by atoms with Gasteiger partial charge in [0.25, 0.3) is 0 Å². The van der Waals surface area contributed by atoms with Gasteiger partial charge < -0.3 is 16.1 Å². The Morgan fingerprint density at radius 2 is 1.78 bits per heavy atom. The number of nitriles is 1. The lowest BCUT2D eigenvalue weighted by molar-refractivity contribution is 0.0570. The van der Waals surface area contributed by atoms with Crippen molar-refractivity contribution in [1.82, 2.24) is 25.9 Å². The molecule has 2 fully saturated rings. The van der Waals surface area contributed by atoms with Gasteiger partial charge in [-0.2, -0.15) is 5.26 Å². The second-order valence-corrected chi connectivity index (χ2v) is 14.8. The molecule has 1 aliphatic carbocycles. The van der Waals surface area contributed by atoms with Crippen LogP contribution in [0, 0.1) is 11.3 Å². The summed E-state index contributed by atoms with van der Waals surface area (Å²) in [5.41, 5.74) is 11.8. The van der Waals surface area contributed by atoms with Crippen molar-refractivity contribution in [2.45, 2.75) is 95.8 Å². The standard InChI is InChI=1S/C35H44Cl2N8/c1-34(2,3)44-16-12-27(13-17-44)45-22-30(42-43-45)32(23-8-10-25(36)11-9-23)40-26-18-28-31(41-35(4)14-6-5-7-15-35)24(20-38)21-39-33(28)29(37)19-26/h8-11,18-19,21-22,27,32,40,42-43H,5-7,12-17H2,1-4H3,(H,39,41)/t32-/m0/s1. The molecule has 3 aliphatic rings. The van der Waals surface area contributed by atoms with Gasteiger partial charge in [0.2, 0.25) is 0 Å². The summed E-state index contributed by atoms with van der Waals surface area (Å²) in [4.78, 5) is 7.15. The molecule has 0 amide bonds. The molecule has 6 rings (SSSR count). The zero-order valence-corrected chi connectivity index (χ0v) is 28.2. The van der Waals surface area contributed by atoms with E-state index >= 15 is 0 Å². The Hall–Kier alpha value is -3.22. The lowest BCUT2D eigenvalue weighted by atomic mass is 9.83. The first-order valence-electron chi connectivity index (χ1n) is 16.1. The number of aromatic nitrogens is 1. The van der Waals surface area contributed by atoms with Gasteiger partial charge >= 0.3 is 0 Å². The number of fused-ring (bicyclic) bond motifs is 1. The maximum absolute atomic E-state index is 10.1. The predicted octanol–water partition coefficient (Wildman–Crippen LogP) is 8.13. The lowest BCUT2D eigenvalue weighted by Gasteiger charge is -2.42. The summed E-state index contributed by atoms with van der Waals surface area (Å²) in [6.07, 6.45) is 11.7. The molecule has 0 spiro atoms. The van der Waals surface area contributed by atoms with Crippen LogP contribution in [0.25, 0.3) is 10.9 Å². The summed E-state index contributed by atoms with van der Waals surface area (Å²) in [6, 6.07) is 14.4. The number of likely N-dealkylation sites (tertiary alicyclic amines) is 1. The predicted molar refractivity (Wildman–Crippen MR) is 185 cm³/mol. The molecule has 238 valence electrons. The molecule has 0 bridgehead atoms. The van der Waals surface area contributed by atoms with Crippen LogP contribution < -0.4 is 21.6 Å². The zero-order valence-electron chi connectivity index (χ0n) is 26.7. The number of hydrazine groups is 2. The average molecular weight is 648 g/mol. The fraction of sp³-hybridized carbons (Fsp3) is 0.486. The van der Waals surface area contributed by atoms with Gasteiger partial charge in [-0.3, -0.25) is 14.9 Å². The quantitative estimate of drug-likeness (QED) is 0.204. The Labute approximate surface area is 277 Å². The highest BCUT2D eigenvalue weighted by Gasteiger charge is 2.32. The fourth-order valence-electron chi connectivity index (χ4n) is 6.99. The van der Waals surface area contributed by atoms with E-state index < -0.39 is 0 Å². The van der Waals surface area contributed by atoms with Crippen LogP contribution in [0.1, 0.15) is 89.8 Å². The summed E-state index contributed by atoms with van der Waals surface area (Å²) in [5, 5.41) is 21.8. The highest BCUT2D eigenvalue weighted by atomic mass is 35.5. The summed E-state index contributed by atoms with van der Waals surface area (Å²) < 4.78 is 0. The van der Waals surface area contributed by atoms with E-state index in [0.29, 0.717) is 27.2 Å². The van der Waals surface area contributed by atoms with E-state index in [9.17, 15) is 5.26 Å². The number of benzene rings is 2. The van der Waals surface area contributed by atoms with E-state index in [4.69, 9.17) is 23.2 Å². The zero-order chi connectivity index (χ0) is 31.8. The molecular formula is C35H44Cl2N8. The molecule has 4 N–H and O–H groups in total.